The summed E-state index contributed by atoms with van der Waals surface area (Å²) in [7, 11) is 1.73. The Balaban J connectivity index is 1.86. The summed E-state index contributed by atoms with van der Waals surface area (Å²) in [5.41, 5.74) is 0.140. The predicted molar refractivity (Wildman–Crippen MR) is 51.5 cm³/mol. The highest BCUT2D eigenvalue weighted by Gasteiger charge is 2.47. The highest BCUT2D eigenvalue weighted by atomic mass is 16.7. The highest BCUT2D eigenvalue weighted by Crippen LogP contribution is 2.44. The second-order valence-corrected chi connectivity index (χ2v) is 4.63. The van der Waals surface area contributed by atoms with Crippen molar-refractivity contribution >= 4 is 0 Å². The molecule has 2 atom stereocenters. The smallest absolute Gasteiger partial charge is 0.160 e. The lowest BCUT2D eigenvalue weighted by Gasteiger charge is -2.50. The minimum Gasteiger partial charge on any atom is -0.356 e. The van der Waals surface area contributed by atoms with Crippen LogP contribution in [-0.2, 0) is 9.47 Å². The van der Waals surface area contributed by atoms with Crippen LogP contribution in [0, 0.1) is 5.92 Å². The largest absolute Gasteiger partial charge is 0.356 e. The van der Waals surface area contributed by atoms with Crippen molar-refractivity contribution in [1.82, 2.24) is 0 Å². The van der Waals surface area contributed by atoms with Crippen molar-refractivity contribution in [2.75, 3.05) is 7.11 Å². The first-order valence-electron chi connectivity index (χ1n) is 5.45. The number of hydrogen-bond donors (Lipinski definition) is 0. The molecule has 2 fully saturated rings. The molecule has 1 aliphatic carbocycles. The SMILES string of the molecule is COC1CC(C)(C2CCCCC2)O1. The van der Waals surface area contributed by atoms with Crippen molar-refractivity contribution < 1.29 is 9.47 Å². The van der Waals surface area contributed by atoms with Gasteiger partial charge in [-0.15, -0.1) is 0 Å². The topological polar surface area (TPSA) is 18.5 Å². The Labute approximate surface area is 80.6 Å². The van der Waals surface area contributed by atoms with E-state index in [4.69, 9.17) is 9.47 Å². The van der Waals surface area contributed by atoms with Crippen LogP contribution in [0.2, 0.25) is 0 Å². The van der Waals surface area contributed by atoms with Crippen molar-refractivity contribution in [1.29, 1.82) is 0 Å². The van der Waals surface area contributed by atoms with Gasteiger partial charge in [-0.3, -0.25) is 0 Å². The van der Waals surface area contributed by atoms with Crippen LogP contribution in [0.25, 0.3) is 0 Å². The molecule has 2 nitrogen and oxygen atoms in total. The second kappa shape index (κ2) is 3.58. The zero-order valence-electron chi connectivity index (χ0n) is 8.71. The molecule has 0 amide bonds. The Bertz CT molecular complexity index is 167. The Hall–Kier alpha value is -0.0800. The van der Waals surface area contributed by atoms with Gasteiger partial charge in [0.05, 0.1) is 5.60 Å². The first-order valence-corrected chi connectivity index (χ1v) is 5.45. The van der Waals surface area contributed by atoms with E-state index < -0.39 is 0 Å². The van der Waals surface area contributed by atoms with Crippen molar-refractivity contribution in [3.63, 3.8) is 0 Å². The Morgan fingerprint density at radius 2 is 1.85 bits per heavy atom. The number of rotatable bonds is 2. The molecule has 76 valence electrons. The van der Waals surface area contributed by atoms with Crippen LogP contribution in [-0.4, -0.2) is 19.0 Å². The maximum Gasteiger partial charge on any atom is 0.160 e. The van der Waals surface area contributed by atoms with Crippen LogP contribution in [0.5, 0.6) is 0 Å². The van der Waals surface area contributed by atoms with E-state index in [1.807, 2.05) is 0 Å². The molecule has 0 aromatic heterocycles. The van der Waals surface area contributed by atoms with Crippen LogP contribution < -0.4 is 0 Å². The lowest BCUT2D eigenvalue weighted by atomic mass is 9.73. The van der Waals surface area contributed by atoms with Gasteiger partial charge in [0.25, 0.3) is 0 Å². The number of methoxy groups -OCH3 is 1. The fraction of sp³-hybridized carbons (Fsp3) is 1.00. The summed E-state index contributed by atoms with van der Waals surface area (Å²) in [4.78, 5) is 0. The summed E-state index contributed by atoms with van der Waals surface area (Å²) >= 11 is 0. The molecule has 0 bridgehead atoms. The number of ether oxygens (including phenoxy) is 2. The van der Waals surface area contributed by atoms with Gasteiger partial charge in [0.1, 0.15) is 0 Å². The Morgan fingerprint density at radius 1 is 1.23 bits per heavy atom. The van der Waals surface area contributed by atoms with Gasteiger partial charge in [0.2, 0.25) is 0 Å². The number of hydrogen-bond acceptors (Lipinski definition) is 2. The van der Waals surface area contributed by atoms with Crippen LogP contribution in [0.15, 0.2) is 0 Å². The average Bonchev–Trinajstić information content (AvgIpc) is 2.14. The highest BCUT2D eigenvalue weighted by molar-refractivity contribution is 4.93. The predicted octanol–water partition coefficient (Wildman–Crippen LogP) is 2.72. The summed E-state index contributed by atoms with van der Waals surface area (Å²) in [6.07, 6.45) is 8.07. The fourth-order valence-electron chi connectivity index (χ4n) is 2.73. The third-order valence-corrected chi connectivity index (χ3v) is 3.70. The van der Waals surface area contributed by atoms with Gasteiger partial charge < -0.3 is 9.47 Å². The Morgan fingerprint density at radius 3 is 2.38 bits per heavy atom. The summed E-state index contributed by atoms with van der Waals surface area (Å²) in [6, 6.07) is 0. The van der Waals surface area contributed by atoms with E-state index in [1.54, 1.807) is 7.11 Å². The molecule has 0 aromatic carbocycles. The van der Waals surface area contributed by atoms with Crippen LogP contribution in [0.1, 0.15) is 45.4 Å². The van der Waals surface area contributed by atoms with E-state index in [2.05, 4.69) is 6.92 Å². The first-order chi connectivity index (χ1) is 6.24. The normalized spacial score (nSPS) is 41.5. The summed E-state index contributed by atoms with van der Waals surface area (Å²) in [5.74, 6) is 0.785. The molecule has 0 aromatic rings. The van der Waals surface area contributed by atoms with Crippen molar-refractivity contribution in [3.05, 3.63) is 0 Å². The molecule has 1 aliphatic heterocycles. The van der Waals surface area contributed by atoms with Gasteiger partial charge in [0.15, 0.2) is 6.29 Å². The van der Waals surface area contributed by atoms with E-state index in [-0.39, 0.29) is 11.9 Å². The summed E-state index contributed by atoms with van der Waals surface area (Å²) < 4.78 is 10.9. The molecule has 2 unspecified atom stereocenters. The molecule has 0 spiro atoms. The van der Waals surface area contributed by atoms with Gasteiger partial charge in [-0.25, -0.2) is 0 Å². The van der Waals surface area contributed by atoms with Crippen molar-refractivity contribution in [3.8, 4) is 0 Å². The van der Waals surface area contributed by atoms with Crippen LogP contribution >= 0.6 is 0 Å². The monoisotopic (exact) mass is 184 g/mol. The van der Waals surface area contributed by atoms with Gasteiger partial charge in [-0.1, -0.05) is 19.3 Å². The van der Waals surface area contributed by atoms with Gasteiger partial charge >= 0.3 is 0 Å². The van der Waals surface area contributed by atoms with Gasteiger partial charge in [-0.05, 0) is 25.7 Å². The molecule has 2 heteroatoms. The van der Waals surface area contributed by atoms with E-state index >= 15 is 0 Å². The van der Waals surface area contributed by atoms with Crippen LogP contribution in [0.4, 0.5) is 0 Å². The van der Waals surface area contributed by atoms with Crippen molar-refractivity contribution in [2.45, 2.75) is 57.3 Å². The van der Waals surface area contributed by atoms with Crippen molar-refractivity contribution in [2.24, 2.45) is 5.92 Å². The third-order valence-electron chi connectivity index (χ3n) is 3.70. The minimum atomic E-state index is 0.0759. The second-order valence-electron chi connectivity index (χ2n) is 4.63. The van der Waals surface area contributed by atoms with E-state index in [0.717, 1.165) is 12.3 Å². The molecule has 1 heterocycles. The molecule has 1 saturated heterocycles. The zero-order valence-corrected chi connectivity index (χ0v) is 8.71. The molecule has 2 rings (SSSR count). The molecule has 0 N–H and O–H groups in total. The maximum absolute atomic E-state index is 5.79. The summed E-state index contributed by atoms with van der Waals surface area (Å²) in [6.45, 7) is 2.25. The quantitative estimate of drug-likeness (QED) is 0.657. The molecule has 1 saturated carbocycles. The van der Waals surface area contributed by atoms with E-state index in [9.17, 15) is 0 Å². The van der Waals surface area contributed by atoms with E-state index in [0.29, 0.717) is 0 Å². The molecule has 2 aliphatic rings. The Kier molecular flexibility index (Phi) is 2.61. The zero-order chi connectivity index (χ0) is 9.31. The molecule has 13 heavy (non-hydrogen) atoms. The van der Waals surface area contributed by atoms with E-state index in [1.165, 1.54) is 32.1 Å². The maximum atomic E-state index is 5.79. The molecular weight excluding hydrogens is 164 g/mol. The lowest BCUT2D eigenvalue weighted by Crippen LogP contribution is -2.54. The van der Waals surface area contributed by atoms with Gasteiger partial charge in [0, 0.05) is 13.5 Å². The van der Waals surface area contributed by atoms with Crippen LogP contribution in [0.3, 0.4) is 0 Å². The minimum absolute atomic E-state index is 0.0759. The lowest BCUT2D eigenvalue weighted by molar-refractivity contribution is -0.313. The third kappa shape index (κ3) is 1.75. The van der Waals surface area contributed by atoms with Gasteiger partial charge in [-0.2, -0.15) is 0 Å². The fourth-order valence-corrected chi connectivity index (χ4v) is 2.73. The first kappa shape index (κ1) is 9.47. The average molecular weight is 184 g/mol. The summed E-state index contributed by atoms with van der Waals surface area (Å²) in [5, 5.41) is 0. The standard InChI is InChI=1S/C11H20O2/c1-11(8-10(12-2)13-11)9-6-4-3-5-7-9/h9-10H,3-8H2,1-2H3. The molecular formula is C11H20O2. The molecule has 0 radical (unpaired) electrons.